The predicted molar refractivity (Wildman–Crippen MR) is 303 cm³/mol. The van der Waals surface area contributed by atoms with E-state index in [1.807, 2.05) is 95.4 Å². The molecule has 382 valence electrons. The maximum Gasteiger partial charge on any atom is 0.229 e. The molecular formula is C53H60IN17O3. The number of carbonyl (C=O) groups is 1. The minimum absolute atomic E-state index is 0. The Morgan fingerprint density at radius 3 is 1.54 bits per heavy atom. The highest BCUT2D eigenvalue weighted by Crippen LogP contribution is 2.31. The lowest BCUT2D eigenvalue weighted by atomic mass is 10.1. The third kappa shape index (κ3) is 13.2. The van der Waals surface area contributed by atoms with Crippen LogP contribution in [-0.4, -0.2) is 124 Å². The third-order valence-corrected chi connectivity index (χ3v) is 11.7. The number of morpholine rings is 2. The van der Waals surface area contributed by atoms with Crippen molar-refractivity contribution >= 4 is 79.5 Å². The van der Waals surface area contributed by atoms with Gasteiger partial charge in [0.15, 0.2) is 5.82 Å². The number of nitrogen functional groups attached to an aromatic ring is 2. The summed E-state index contributed by atoms with van der Waals surface area (Å²) in [5, 5.41) is 18.6. The Labute approximate surface area is 443 Å². The van der Waals surface area contributed by atoms with Gasteiger partial charge in [-0.2, -0.15) is 10.2 Å². The molecule has 0 spiro atoms. The minimum Gasteiger partial charge on any atom is -0.399 e. The smallest absolute Gasteiger partial charge is 0.229 e. The maximum absolute atomic E-state index is 12.6. The first kappa shape index (κ1) is 52.1. The van der Waals surface area contributed by atoms with Gasteiger partial charge in [0.05, 0.1) is 55.0 Å². The van der Waals surface area contributed by atoms with Crippen molar-refractivity contribution in [3.63, 3.8) is 0 Å². The van der Waals surface area contributed by atoms with Crippen molar-refractivity contribution in [3.05, 3.63) is 140 Å². The number of amides is 1. The van der Waals surface area contributed by atoms with Gasteiger partial charge in [0.1, 0.15) is 41.4 Å². The number of ether oxygens (including phenoxy) is 2. The number of halogens is 1. The SMILES string of the molecule is C.C.Nc1cc(-c2ccncc2)[nH]n1.Nc1ccc(-c2cc3c(N4CCOCC4)ncnc3[nH]2)cc1.O=C(Cc1ccc(-c2cc3c(N4CCOCC4)ncnc3[nH]2)cc1)Nc1cc(-c2ccncc2)[nH]n1.[2H]CI. The Morgan fingerprint density at radius 1 is 0.622 bits per heavy atom. The summed E-state index contributed by atoms with van der Waals surface area (Å²) in [6.07, 6.45) is 10.3. The summed E-state index contributed by atoms with van der Waals surface area (Å²) >= 11 is 1.96. The number of hydrogen-bond acceptors (Lipinski definition) is 15. The zero-order chi connectivity index (χ0) is 50.4. The van der Waals surface area contributed by atoms with E-state index in [0.29, 0.717) is 29.8 Å². The summed E-state index contributed by atoms with van der Waals surface area (Å²) in [4.78, 5) is 50.0. The Hall–Kier alpha value is -8.28. The highest BCUT2D eigenvalue weighted by Gasteiger charge is 2.19. The van der Waals surface area contributed by atoms with Crippen molar-refractivity contribution in [2.24, 2.45) is 0 Å². The van der Waals surface area contributed by atoms with E-state index >= 15 is 0 Å². The molecule has 1 amide bonds. The lowest BCUT2D eigenvalue weighted by Crippen LogP contribution is -2.36. The minimum atomic E-state index is -0.133. The van der Waals surface area contributed by atoms with Crippen LogP contribution in [0.4, 0.5) is 29.0 Å². The highest BCUT2D eigenvalue weighted by atomic mass is 127. The lowest BCUT2D eigenvalue weighted by molar-refractivity contribution is -0.115. The summed E-state index contributed by atoms with van der Waals surface area (Å²) < 4.78 is 17.1. The molecule has 0 bridgehead atoms. The standard InChI is InChI=1S/C26H24N8O2.C16H17N5O.C8H8N4.CH3I.2CH4/c35-24(31-23-15-22(32-33-23)19-5-7-27-8-6-19)13-17-1-3-18(4-2-17)21-14-20-25(30-21)28-16-29-26(20)34-9-11-36-12-10-34;17-12-3-1-11(2-4-12)14-9-13-15(20-14)18-10-19-16(13)21-5-7-22-8-6-21;9-8-5-7(11-12-8)6-1-3-10-4-2-6;1-2;;/h1-8,14-16H,9-13H2,(H,28,29,30)(H2,31,32,33,35);1-4,9-10H,5-8,17H2,(H,18,19,20);1-5H,(H3,9,11,12);1H3;2*1H4/i;;;1D;;. The molecule has 12 rings (SSSR count). The van der Waals surface area contributed by atoms with Crippen molar-refractivity contribution < 1.29 is 15.6 Å². The molecule has 2 saturated heterocycles. The van der Waals surface area contributed by atoms with E-state index in [9.17, 15) is 4.79 Å². The molecule has 74 heavy (non-hydrogen) atoms. The summed E-state index contributed by atoms with van der Waals surface area (Å²) in [5.41, 5.74) is 22.3. The van der Waals surface area contributed by atoms with Crippen molar-refractivity contribution in [2.45, 2.75) is 21.3 Å². The van der Waals surface area contributed by atoms with E-state index in [1.165, 1.54) is 0 Å². The fraction of sp³-hybridized carbons (Fsp3) is 0.226. The van der Waals surface area contributed by atoms with Crippen LogP contribution in [0.5, 0.6) is 0 Å². The first-order valence-electron chi connectivity index (χ1n) is 23.6. The van der Waals surface area contributed by atoms with Gasteiger partial charge < -0.3 is 46.0 Å². The zero-order valence-electron chi connectivity index (χ0n) is 40.0. The predicted octanol–water partition coefficient (Wildman–Crippen LogP) is 8.85. The Morgan fingerprint density at radius 2 is 1.07 bits per heavy atom. The Kier molecular flexibility index (Phi) is 18.2. The number of benzene rings is 2. The van der Waals surface area contributed by atoms with Gasteiger partial charge in [-0.25, -0.2) is 19.9 Å². The highest BCUT2D eigenvalue weighted by molar-refractivity contribution is 14.1. The van der Waals surface area contributed by atoms with Gasteiger partial charge in [-0.1, -0.05) is 73.8 Å². The van der Waals surface area contributed by atoms with Crippen LogP contribution >= 0.6 is 22.6 Å². The molecule has 10 heterocycles. The van der Waals surface area contributed by atoms with Crippen molar-refractivity contribution in [2.75, 3.05) is 84.1 Å². The van der Waals surface area contributed by atoms with Gasteiger partial charge in [0, 0.05) is 92.7 Å². The van der Waals surface area contributed by atoms with Crippen molar-refractivity contribution in [1.29, 1.82) is 0 Å². The number of pyridine rings is 2. The molecule has 8 aromatic heterocycles. The molecule has 9 N–H and O–H groups in total. The molecular weight excluding hydrogens is 1050 g/mol. The molecule has 0 radical (unpaired) electrons. The topological polar surface area (TPSA) is 272 Å². The quantitative estimate of drug-likeness (QED) is 0.0404. The number of hydrogen-bond donors (Lipinski definition) is 7. The average molecular weight is 1110 g/mol. The first-order chi connectivity index (χ1) is 35.8. The fourth-order valence-corrected chi connectivity index (χ4v) is 8.14. The first-order valence-corrected chi connectivity index (χ1v) is 24.4. The second-order valence-electron chi connectivity index (χ2n) is 16.4. The Bertz CT molecular complexity index is 3320. The largest absolute Gasteiger partial charge is 0.399 e. The van der Waals surface area contributed by atoms with Crippen LogP contribution < -0.4 is 26.6 Å². The Balaban J connectivity index is 0.000000178. The molecule has 0 saturated carbocycles. The van der Waals surface area contributed by atoms with Crippen LogP contribution in [0, 0.1) is 0 Å². The molecule has 2 fully saturated rings. The number of nitrogens with two attached hydrogens (primary N) is 2. The normalized spacial score (nSPS) is 13.1. The second kappa shape index (κ2) is 25.9. The van der Waals surface area contributed by atoms with E-state index in [4.69, 9.17) is 22.3 Å². The van der Waals surface area contributed by atoms with Crippen LogP contribution in [0.3, 0.4) is 0 Å². The number of aromatic nitrogens is 12. The number of H-pyrrole nitrogens is 4. The van der Waals surface area contributed by atoms with Crippen LogP contribution in [0.25, 0.3) is 67.1 Å². The summed E-state index contributed by atoms with van der Waals surface area (Å²) in [5.74, 6) is 2.74. The number of nitrogens with one attached hydrogen (secondary N) is 5. The van der Waals surface area contributed by atoms with Gasteiger partial charge in [0.25, 0.3) is 0 Å². The van der Waals surface area contributed by atoms with E-state index < -0.39 is 0 Å². The van der Waals surface area contributed by atoms with Gasteiger partial charge in [0.2, 0.25) is 5.91 Å². The molecule has 2 aliphatic heterocycles. The summed E-state index contributed by atoms with van der Waals surface area (Å²) in [7, 11) is 0. The van der Waals surface area contributed by atoms with Crippen molar-refractivity contribution in [1.82, 2.24) is 60.3 Å². The number of carbonyl (C=O) groups excluding carboxylic acids is 1. The van der Waals surface area contributed by atoms with Crippen LogP contribution in [0.15, 0.2) is 135 Å². The van der Waals surface area contributed by atoms with E-state index in [0.717, 1.165) is 129 Å². The van der Waals surface area contributed by atoms with Crippen LogP contribution in [0.2, 0.25) is 0 Å². The fourth-order valence-electron chi connectivity index (χ4n) is 8.14. The second-order valence-corrected chi connectivity index (χ2v) is 16.4. The number of nitrogens with zero attached hydrogens (tertiary/aromatic N) is 10. The zero-order valence-corrected chi connectivity index (χ0v) is 41.2. The number of rotatable bonds is 9. The van der Waals surface area contributed by atoms with Gasteiger partial charge in [-0.05, 0) is 70.1 Å². The maximum atomic E-state index is 12.6. The number of fused-ring (bicyclic) bond motifs is 2. The van der Waals surface area contributed by atoms with Crippen LogP contribution in [0.1, 0.15) is 21.8 Å². The molecule has 0 atom stereocenters. The molecule has 2 aromatic carbocycles. The van der Waals surface area contributed by atoms with E-state index in [1.54, 1.807) is 49.6 Å². The summed E-state index contributed by atoms with van der Waals surface area (Å²) in [6, 6.07) is 31.1. The molecule has 2 aliphatic rings. The van der Waals surface area contributed by atoms with Gasteiger partial charge in [-0.3, -0.25) is 25.0 Å². The lowest BCUT2D eigenvalue weighted by Gasteiger charge is -2.27. The summed E-state index contributed by atoms with van der Waals surface area (Å²) in [6.45, 7) is 6.21. The van der Waals surface area contributed by atoms with Gasteiger partial charge >= 0.3 is 0 Å². The molecule has 0 aliphatic carbocycles. The number of alkyl halides is 1. The number of aromatic amines is 4. The average Bonchev–Trinajstić information content (AvgIpc) is 4.28. The molecule has 21 heteroatoms. The third-order valence-electron chi connectivity index (χ3n) is 11.7. The monoisotopic (exact) mass is 1110 g/mol. The van der Waals surface area contributed by atoms with Crippen molar-refractivity contribution in [3.8, 4) is 45.0 Å². The number of anilines is 5. The molecule has 0 unspecified atom stereocenters. The van der Waals surface area contributed by atoms with E-state index in [2.05, 4.69) is 87.5 Å². The van der Waals surface area contributed by atoms with E-state index in [-0.39, 0.29) is 27.2 Å². The van der Waals surface area contributed by atoms with Gasteiger partial charge in [-0.15, -0.1) is 0 Å². The molecule has 20 nitrogen and oxygen atoms in total. The van der Waals surface area contributed by atoms with Crippen LogP contribution in [-0.2, 0) is 20.7 Å². The molecule has 10 aromatic rings.